The molecule has 1 N–H and O–H groups in total. The zero-order valence-corrected chi connectivity index (χ0v) is 18.8. The van der Waals surface area contributed by atoms with Crippen LogP contribution in [-0.4, -0.2) is 31.5 Å². The van der Waals surface area contributed by atoms with Gasteiger partial charge in [-0.3, -0.25) is 19.2 Å². The first-order valence-electron chi connectivity index (χ1n) is 9.45. The molecule has 0 spiro atoms. The van der Waals surface area contributed by atoms with Crippen LogP contribution < -0.4 is 9.62 Å². The van der Waals surface area contributed by atoms with E-state index in [1.54, 1.807) is 0 Å². The van der Waals surface area contributed by atoms with Gasteiger partial charge in [0.15, 0.2) is 0 Å². The number of amides is 1. The van der Waals surface area contributed by atoms with Gasteiger partial charge in [-0.2, -0.15) is 0 Å². The number of hydrogen-bond acceptors (Lipinski definition) is 5. The van der Waals surface area contributed by atoms with E-state index in [1.807, 2.05) is 39.8 Å². The lowest BCUT2D eigenvalue weighted by Gasteiger charge is -2.29. The van der Waals surface area contributed by atoms with Crippen molar-refractivity contribution in [3.05, 3.63) is 68.8 Å². The lowest BCUT2D eigenvalue weighted by Crippen LogP contribution is -2.48. The number of nitrogens with one attached hydrogen (secondary N) is 1. The largest absolute Gasteiger partial charge is 0.348 e. The lowest BCUT2D eigenvalue weighted by atomic mass is 9.96. The van der Waals surface area contributed by atoms with Gasteiger partial charge in [0.05, 0.1) is 22.9 Å². The van der Waals surface area contributed by atoms with Crippen molar-refractivity contribution < 1.29 is 18.1 Å². The van der Waals surface area contributed by atoms with Gasteiger partial charge in [0.2, 0.25) is 15.9 Å². The molecule has 0 aliphatic heterocycles. The molecule has 0 aliphatic carbocycles. The Kier molecular flexibility index (Phi) is 6.87. The third-order valence-electron chi connectivity index (χ3n) is 5.09. The van der Waals surface area contributed by atoms with Gasteiger partial charge in [-0.25, -0.2) is 8.42 Å². The SMILES string of the molecule is Cc1cc(C)c(C(C)NC(=O)C(C)N(c2cccc([N+](=O)[O-])c2)S(C)(=O)=O)cc1C. The number of hydrogen-bond donors (Lipinski definition) is 1. The highest BCUT2D eigenvalue weighted by Gasteiger charge is 2.31. The van der Waals surface area contributed by atoms with Gasteiger partial charge in [0.25, 0.3) is 5.69 Å². The Labute approximate surface area is 177 Å². The summed E-state index contributed by atoms with van der Waals surface area (Å²) in [5.41, 5.74) is 4.02. The molecule has 2 aromatic carbocycles. The Bertz CT molecular complexity index is 1080. The van der Waals surface area contributed by atoms with Crippen LogP contribution in [0.4, 0.5) is 11.4 Å². The van der Waals surface area contributed by atoms with Crippen molar-refractivity contribution >= 4 is 27.3 Å². The van der Waals surface area contributed by atoms with Crippen molar-refractivity contribution in [3.8, 4) is 0 Å². The second kappa shape index (κ2) is 8.83. The van der Waals surface area contributed by atoms with Crippen LogP contribution in [0.1, 0.15) is 42.1 Å². The van der Waals surface area contributed by atoms with Crippen LogP contribution >= 0.6 is 0 Å². The molecule has 2 aromatic rings. The molecule has 0 fully saturated rings. The van der Waals surface area contributed by atoms with Gasteiger partial charge in [-0.1, -0.05) is 18.2 Å². The molecule has 2 unspecified atom stereocenters. The molecule has 0 radical (unpaired) electrons. The van der Waals surface area contributed by atoms with E-state index in [1.165, 1.54) is 25.1 Å². The first-order valence-corrected chi connectivity index (χ1v) is 11.3. The van der Waals surface area contributed by atoms with E-state index >= 15 is 0 Å². The minimum absolute atomic E-state index is 0.0596. The second-order valence-corrected chi connectivity index (χ2v) is 9.39. The Morgan fingerprint density at radius 1 is 1.07 bits per heavy atom. The molecular weight excluding hydrogens is 406 g/mol. The van der Waals surface area contributed by atoms with Crippen molar-refractivity contribution in [1.29, 1.82) is 0 Å². The molecular formula is C21H27N3O5S. The minimum Gasteiger partial charge on any atom is -0.348 e. The Morgan fingerprint density at radius 2 is 1.67 bits per heavy atom. The van der Waals surface area contributed by atoms with E-state index in [4.69, 9.17) is 0 Å². The number of sulfonamides is 1. The Hall–Kier alpha value is -2.94. The third-order valence-corrected chi connectivity index (χ3v) is 6.33. The number of nitrogens with zero attached hydrogens (tertiary/aromatic N) is 2. The second-order valence-electron chi connectivity index (χ2n) is 7.54. The van der Waals surface area contributed by atoms with Gasteiger partial charge < -0.3 is 5.32 Å². The Morgan fingerprint density at radius 3 is 2.23 bits per heavy atom. The van der Waals surface area contributed by atoms with Crippen molar-refractivity contribution in [2.45, 2.75) is 46.7 Å². The molecule has 0 bridgehead atoms. The predicted octanol–water partition coefficient (Wildman–Crippen LogP) is 3.55. The maximum atomic E-state index is 12.9. The van der Waals surface area contributed by atoms with Gasteiger partial charge in [0, 0.05) is 12.1 Å². The van der Waals surface area contributed by atoms with Crippen molar-refractivity contribution in [2.75, 3.05) is 10.6 Å². The van der Waals surface area contributed by atoms with E-state index in [-0.39, 0.29) is 17.4 Å². The smallest absolute Gasteiger partial charge is 0.271 e. The monoisotopic (exact) mass is 433 g/mol. The molecule has 1 amide bonds. The van der Waals surface area contributed by atoms with Gasteiger partial charge in [0.1, 0.15) is 6.04 Å². The number of rotatable bonds is 7. The number of carbonyl (C=O) groups excluding carboxylic acids is 1. The number of aryl methyl sites for hydroxylation is 3. The number of non-ortho nitro benzene ring substituents is 1. The quantitative estimate of drug-likeness (QED) is 0.530. The summed E-state index contributed by atoms with van der Waals surface area (Å²) in [7, 11) is -3.88. The van der Waals surface area contributed by atoms with E-state index in [0.717, 1.165) is 38.9 Å². The average molecular weight is 434 g/mol. The molecule has 0 saturated carbocycles. The van der Waals surface area contributed by atoms with Crippen LogP contribution in [0.15, 0.2) is 36.4 Å². The van der Waals surface area contributed by atoms with E-state index in [0.29, 0.717) is 0 Å². The molecule has 0 aromatic heterocycles. The zero-order chi connectivity index (χ0) is 22.8. The standard InChI is InChI=1S/C21H27N3O5S/c1-13-10-15(3)20(11-14(13)2)16(4)22-21(25)17(5)23(30(6,28)29)18-8-7-9-19(12-18)24(26)27/h7-12,16-17H,1-6H3,(H,22,25). The van der Waals surface area contributed by atoms with E-state index in [2.05, 4.69) is 5.32 Å². The molecule has 0 heterocycles. The van der Waals surface area contributed by atoms with Crippen LogP contribution in [0.5, 0.6) is 0 Å². The molecule has 0 saturated heterocycles. The average Bonchev–Trinajstić information content (AvgIpc) is 2.63. The van der Waals surface area contributed by atoms with Crippen LogP contribution in [0, 0.1) is 30.9 Å². The molecule has 2 atom stereocenters. The molecule has 9 heteroatoms. The summed E-state index contributed by atoms with van der Waals surface area (Å²) in [5.74, 6) is -0.503. The minimum atomic E-state index is -3.88. The van der Waals surface area contributed by atoms with Crippen LogP contribution in [0.3, 0.4) is 0 Å². The fourth-order valence-electron chi connectivity index (χ4n) is 3.41. The maximum absolute atomic E-state index is 12.9. The summed E-state index contributed by atoms with van der Waals surface area (Å²) in [5, 5.41) is 13.9. The number of nitro benzene ring substituents is 1. The molecule has 8 nitrogen and oxygen atoms in total. The fourth-order valence-corrected chi connectivity index (χ4v) is 4.58. The van der Waals surface area contributed by atoms with Crippen molar-refractivity contribution in [3.63, 3.8) is 0 Å². The van der Waals surface area contributed by atoms with Crippen molar-refractivity contribution in [1.82, 2.24) is 5.32 Å². The normalized spacial score (nSPS) is 13.4. The van der Waals surface area contributed by atoms with Crippen LogP contribution in [0.2, 0.25) is 0 Å². The van der Waals surface area contributed by atoms with Crippen LogP contribution in [0.25, 0.3) is 0 Å². The number of nitro groups is 1. The van der Waals surface area contributed by atoms with E-state index < -0.39 is 26.9 Å². The molecule has 0 aliphatic rings. The fraction of sp³-hybridized carbons (Fsp3) is 0.381. The summed E-state index contributed by atoms with van der Waals surface area (Å²) in [6.07, 6.45) is 0.965. The molecule has 2 rings (SSSR count). The lowest BCUT2D eigenvalue weighted by molar-refractivity contribution is -0.384. The van der Waals surface area contributed by atoms with Gasteiger partial charge in [-0.05, 0) is 62.9 Å². The maximum Gasteiger partial charge on any atom is 0.271 e. The zero-order valence-electron chi connectivity index (χ0n) is 18.0. The highest BCUT2D eigenvalue weighted by molar-refractivity contribution is 7.92. The van der Waals surface area contributed by atoms with Gasteiger partial charge >= 0.3 is 0 Å². The highest BCUT2D eigenvalue weighted by Crippen LogP contribution is 2.26. The topological polar surface area (TPSA) is 110 Å². The summed E-state index contributed by atoms with van der Waals surface area (Å²) < 4.78 is 25.8. The first-order chi connectivity index (χ1) is 13.8. The van der Waals surface area contributed by atoms with E-state index in [9.17, 15) is 23.3 Å². The van der Waals surface area contributed by atoms with Crippen molar-refractivity contribution in [2.24, 2.45) is 0 Å². The number of anilines is 1. The summed E-state index contributed by atoms with van der Waals surface area (Å²) in [6.45, 7) is 9.25. The number of carbonyl (C=O) groups is 1. The molecule has 30 heavy (non-hydrogen) atoms. The summed E-state index contributed by atoms with van der Waals surface area (Å²) in [6, 6.07) is 7.83. The highest BCUT2D eigenvalue weighted by atomic mass is 32.2. The predicted molar refractivity (Wildman–Crippen MR) is 117 cm³/mol. The Balaban J connectivity index is 2.34. The first kappa shape index (κ1) is 23.3. The molecule has 162 valence electrons. The van der Waals surface area contributed by atoms with Crippen LogP contribution in [-0.2, 0) is 14.8 Å². The number of benzene rings is 2. The summed E-state index contributed by atoms with van der Waals surface area (Å²) in [4.78, 5) is 23.4. The van der Waals surface area contributed by atoms with Gasteiger partial charge in [-0.15, -0.1) is 0 Å². The third kappa shape index (κ3) is 5.15. The summed E-state index contributed by atoms with van der Waals surface area (Å²) >= 11 is 0.